The van der Waals surface area contributed by atoms with Crippen LogP contribution in [-0.2, 0) is 0 Å². The van der Waals surface area contributed by atoms with Crippen LogP contribution in [0, 0.1) is 0 Å². The zero-order valence-electron chi connectivity index (χ0n) is 8.38. The Morgan fingerprint density at radius 2 is 2.21 bits per heavy atom. The van der Waals surface area contributed by atoms with Crippen LogP contribution in [0.1, 0.15) is 31.9 Å². The lowest BCUT2D eigenvalue weighted by molar-refractivity contribution is 0.0729. The van der Waals surface area contributed by atoms with Gasteiger partial charge in [-0.3, -0.25) is 0 Å². The van der Waals surface area contributed by atoms with E-state index in [2.05, 4.69) is 0 Å². The van der Waals surface area contributed by atoms with Gasteiger partial charge in [-0.1, -0.05) is 11.6 Å². The molecule has 1 aromatic carbocycles. The second-order valence-electron chi connectivity index (χ2n) is 4.35. The van der Waals surface area contributed by atoms with Crippen LogP contribution in [0.2, 0.25) is 5.02 Å². The minimum atomic E-state index is -0.180. The van der Waals surface area contributed by atoms with Gasteiger partial charge in [-0.25, -0.2) is 0 Å². The van der Waals surface area contributed by atoms with Gasteiger partial charge in [0, 0.05) is 23.0 Å². The van der Waals surface area contributed by atoms with Gasteiger partial charge >= 0.3 is 0 Å². The van der Waals surface area contributed by atoms with Gasteiger partial charge in [-0.05, 0) is 32.0 Å². The Labute approximate surface area is 89.0 Å². The van der Waals surface area contributed by atoms with Crippen LogP contribution in [0.15, 0.2) is 18.2 Å². The van der Waals surface area contributed by atoms with Gasteiger partial charge in [0.25, 0.3) is 0 Å². The Kier molecular flexibility index (Phi) is 2.20. The van der Waals surface area contributed by atoms with E-state index in [4.69, 9.17) is 22.1 Å². The largest absolute Gasteiger partial charge is 0.487 e. The second kappa shape index (κ2) is 3.14. The molecule has 0 aromatic heterocycles. The van der Waals surface area contributed by atoms with E-state index in [9.17, 15) is 0 Å². The molecule has 0 radical (unpaired) electrons. The van der Waals surface area contributed by atoms with Gasteiger partial charge in [0.2, 0.25) is 0 Å². The highest BCUT2D eigenvalue weighted by molar-refractivity contribution is 6.30. The van der Waals surface area contributed by atoms with E-state index in [1.54, 1.807) is 0 Å². The third kappa shape index (κ3) is 1.72. The number of benzene rings is 1. The van der Waals surface area contributed by atoms with Crippen molar-refractivity contribution in [3.05, 3.63) is 28.8 Å². The summed E-state index contributed by atoms with van der Waals surface area (Å²) in [5.74, 6) is 0.859. The molecule has 0 aliphatic carbocycles. The number of hydrogen-bond donors (Lipinski definition) is 1. The Hall–Kier alpha value is -0.730. The van der Waals surface area contributed by atoms with E-state index in [-0.39, 0.29) is 11.6 Å². The number of halogens is 1. The summed E-state index contributed by atoms with van der Waals surface area (Å²) in [6.45, 7) is 4.09. The molecular formula is C11H14ClNO. The van der Waals surface area contributed by atoms with Crippen molar-refractivity contribution in [2.24, 2.45) is 5.73 Å². The maximum absolute atomic E-state index is 6.05. The Balaban J connectivity index is 2.45. The van der Waals surface area contributed by atoms with E-state index in [0.29, 0.717) is 5.02 Å². The summed E-state index contributed by atoms with van der Waals surface area (Å²) in [5.41, 5.74) is 6.88. The van der Waals surface area contributed by atoms with Crippen LogP contribution >= 0.6 is 11.6 Å². The number of nitrogens with two attached hydrogens (primary N) is 1. The molecule has 76 valence electrons. The van der Waals surface area contributed by atoms with E-state index in [1.165, 1.54) is 0 Å². The quantitative estimate of drug-likeness (QED) is 0.716. The zero-order chi connectivity index (χ0) is 10.3. The minimum Gasteiger partial charge on any atom is -0.487 e. The summed E-state index contributed by atoms with van der Waals surface area (Å²) in [4.78, 5) is 0. The average Bonchev–Trinajstić information content (AvgIpc) is 2.05. The predicted octanol–water partition coefficient (Wildman–Crippen LogP) is 2.90. The lowest BCUT2D eigenvalue weighted by atomic mass is 9.90. The number of fused-ring (bicyclic) bond motifs is 1. The first-order valence-corrected chi connectivity index (χ1v) is 5.10. The summed E-state index contributed by atoms with van der Waals surface area (Å²) >= 11 is 5.90. The number of rotatable bonds is 0. The van der Waals surface area contributed by atoms with Crippen LogP contribution in [-0.4, -0.2) is 5.60 Å². The summed E-state index contributed by atoms with van der Waals surface area (Å²) in [6, 6.07) is 5.62. The van der Waals surface area contributed by atoms with Crippen molar-refractivity contribution in [3.8, 4) is 5.75 Å². The molecular weight excluding hydrogens is 198 g/mol. The first-order valence-electron chi connectivity index (χ1n) is 4.72. The van der Waals surface area contributed by atoms with E-state index >= 15 is 0 Å². The lowest BCUT2D eigenvalue weighted by Crippen LogP contribution is -2.37. The van der Waals surface area contributed by atoms with Crippen LogP contribution in [0.5, 0.6) is 5.75 Å². The molecule has 2 rings (SSSR count). The molecule has 3 heteroatoms. The highest BCUT2D eigenvalue weighted by Gasteiger charge is 2.31. The molecule has 0 bridgehead atoms. The normalized spacial score (nSPS) is 23.9. The third-order valence-electron chi connectivity index (χ3n) is 2.47. The van der Waals surface area contributed by atoms with Gasteiger partial charge in [0.15, 0.2) is 0 Å². The number of ether oxygens (including phenoxy) is 1. The standard InChI is InChI=1S/C11H14ClNO/c1-11(2)6-9(13)8-5-7(12)3-4-10(8)14-11/h3-5,9H,6,13H2,1-2H3/t9-/m0/s1. The van der Waals surface area contributed by atoms with Crippen molar-refractivity contribution < 1.29 is 4.74 Å². The Bertz CT molecular complexity index is 362. The van der Waals surface area contributed by atoms with Crippen LogP contribution in [0.25, 0.3) is 0 Å². The smallest absolute Gasteiger partial charge is 0.124 e. The van der Waals surface area contributed by atoms with Gasteiger partial charge in [0.1, 0.15) is 11.4 Å². The van der Waals surface area contributed by atoms with E-state index in [0.717, 1.165) is 17.7 Å². The molecule has 1 aromatic rings. The number of hydrogen-bond acceptors (Lipinski definition) is 2. The monoisotopic (exact) mass is 211 g/mol. The third-order valence-corrected chi connectivity index (χ3v) is 2.70. The molecule has 1 aliphatic heterocycles. The molecule has 14 heavy (non-hydrogen) atoms. The molecule has 2 nitrogen and oxygen atoms in total. The summed E-state index contributed by atoms with van der Waals surface area (Å²) < 4.78 is 5.81. The zero-order valence-corrected chi connectivity index (χ0v) is 9.14. The second-order valence-corrected chi connectivity index (χ2v) is 4.79. The van der Waals surface area contributed by atoms with Crippen molar-refractivity contribution >= 4 is 11.6 Å². The molecule has 0 unspecified atom stereocenters. The van der Waals surface area contributed by atoms with Crippen molar-refractivity contribution in [1.29, 1.82) is 0 Å². The fourth-order valence-electron chi connectivity index (χ4n) is 1.88. The fraction of sp³-hybridized carbons (Fsp3) is 0.455. The average molecular weight is 212 g/mol. The van der Waals surface area contributed by atoms with Gasteiger partial charge < -0.3 is 10.5 Å². The Morgan fingerprint density at radius 3 is 2.93 bits per heavy atom. The molecule has 0 spiro atoms. The minimum absolute atomic E-state index is 0.0208. The van der Waals surface area contributed by atoms with Gasteiger partial charge in [0.05, 0.1) is 0 Å². The maximum atomic E-state index is 6.05. The molecule has 0 saturated carbocycles. The summed E-state index contributed by atoms with van der Waals surface area (Å²) in [7, 11) is 0. The fourth-order valence-corrected chi connectivity index (χ4v) is 2.06. The van der Waals surface area contributed by atoms with E-state index in [1.807, 2.05) is 32.0 Å². The SMILES string of the molecule is CC1(C)C[C@H](N)c2cc(Cl)ccc2O1. The Morgan fingerprint density at radius 1 is 1.50 bits per heavy atom. The van der Waals surface area contributed by atoms with Crippen molar-refractivity contribution in [2.75, 3.05) is 0 Å². The summed E-state index contributed by atoms with van der Waals surface area (Å²) in [5, 5.41) is 0.711. The van der Waals surface area contributed by atoms with E-state index < -0.39 is 0 Å². The highest BCUT2D eigenvalue weighted by atomic mass is 35.5. The van der Waals surface area contributed by atoms with Crippen LogP contribution < -0.4 is 10.5 Å². The lowest BCUT2D eigenvalue weighted by Gasteiger charge is -2.36. The van der Waals surface area contributed by atoms with Crippen molar-refractivity contribution in [2.45, 2.75) is 31.9 Å². The van der Waals surface area contributed by atoms with Gasteiger partial charge in [-0.2, -0.15) is 0 Å². The van der Waals surface area contributed by atoms with Crippen molar-refractivity contribution in [3.63, 3.8) is 0 Å². The van der Waals surface area contributed by atoms with Crippen LogP contribution in [0.4, 0.5) is 0 Å². The maximum Gasteiger partial charge on any atom is 0.124 e. The van der Waals surface area contributed by atoms with Crippen LogP contribution in [0.3, 0.4) is 0 Å². The molecule has 2 N–H and O–H groups in total. The van der Waals surface area contributed by atoms with Crippen molar-refractivity contribution in [1.82, 2.24) is 0 Å². The molecule has 0 saturated heterocycles. The predicted molar refractivity (Wildman–Crippen MR) is 57.7 cm³/mol. The topological polar surface area (TPSA) is 35.2 Å². The van der Waals surface area contributed by atoms with Gasteiger partial charge in [-0.15, -0.1) is 0 Å². The molecule has 0 amide bonds. The first-order chi connectivity index (χ1) is 6.48. The molecule has 1 aliphatic rings. The molecule has 1 atom stereocenters. The first kappa shape index (κ1) is 9.81. The molecule has 0 fully saturated rings. The highest BCUT2D eigenvalue weighted by Crippen LogP contribution is 2.39. The molecule has 1 heterocycles. The summed E-state index contributed by atoms with van der Waals surface area (Å²) in [6.07, 6.45) is 0.820.